The van der Waals surface area contributed by atoms with Gasteiger partial charge in [-0.2, -0.15) is 0 Å². The summed E-state index contributed by atoms with van der Waals surface area (Å²) in [5, 5.41) is 23.3. The van der Waals surface area contributed by atoms with E-state index in [1.54, 1.807) is 0 Å². The van der Waals surface area contributed by atoms with Crippen LogP contribution in [0.4, 0.5) is 39.8 Å². The molecule has 8 nitrogen and oxygen atoms in total. The summed E-state index contributed by atoms with van der Waals surface area (Å²) in [4.78, 5) is 26.3. The molecule has 44 heavy (non-hydrogen) atoms. The molecule has 236 valence electrons. The van der Waals surface area contributed by atoms with Crippen LogP contribution < -0.4 is 9.80 Å². The van der Waals surface area contributed by atoms with E-state index in [-0.39, 0.29) is 11.4 Å². The number of rotatable bonds is 20. The van der Waals surface area contributed by atoms with Gasteiger partial charge in [-0.15, -0.1) is 0 Å². The molecular formula is C36H48N4O4. The van der Waals surface area contributed by atoms with Crippen LogP contribution in [0.15, 0.2) is 66.7 Å². The van der Waals surface area contributed by atoms with Crippen molar-refractivity contribution in [2.75, 3.05) is 16.3 Å². The van der Waals surface area contributed by atoms with Gasteiger partial charge in [-0.1, -0.05) is 128 Å². The van der Waals surface area contributed by atoms with Gasteiger partial charge in [0.1, 0.15) is 0 Å². The molecule has 0 aliphatic carbocycles. The van der Waals surface area contributed by atoms with Crippen molar-refractivity contribution in [2.24, 2.45) is 0 Å². The minimum atomic E-state index is -0.582. The molecule has 3 aromatic rings. The van der Waals surface area contributed by atoms with Crippen LogP contribution in [0.3, 0.4) is 0 Å². The van der Waals surface area contributed by atoms with Gasteiger partial charge < -0.3 is 9.80 Å². The first-order chi connectivity index (χ1) is 21.5. The monoisotopic (exact) mass is 600 g/mol. The lowest BCUT2D eigenvalue weighted by molar-refractivity contribution is -0.394. The summed E-state index contributed by atoms with van der Waals surface area (Å²) in [6.45, 7) is 3.13. The van der Waals surface area contributed by atoms with E-state index in [0.29, 0.717) is 5.69 Å². The molecule has 3 aromatic carbocycles. The highest BCUT2D eigenvalue weighted by atomic mass is 16.6. The third-order valence-corrected chi connectivity index (χ3v) is 8.63. The van der Waals surface area contributed by atoms with Crippen molar-refractivity contribution < 1.29 is 9.85 Å². The standard InChI is InChI=1S/C36H48N4O4/c1-2-3-4-5-6-7-8-9-10-11-12-13-14-15-16-21-26-37-33-22-17-19-24-35(33)38(36-25-20-18-23-34(36)37)30-27-31(39(41)42)29-32(28-30)40(43)44/h17-20,22-25,27-29H,2-16,21,26H2,1H3. The number of benzene rings is 3. The molecule has 0 spiro atoms. The molecule has 1 heterocycles. The predicted molar refractivity (Wildman–Crippen MR) is 181 cm³/mol. The molecule has 0 atom stereocenters. The Kier molecular flexibility index (Phi) is 13.0. The zero-order chi connectivity index (χ0) is 31.1. The predicted octanol–water partition coefficient (Wildman–Crippen LogP) is 11.7. The fraction of sp³-hybridized carbons (Fsp3) is 0.500. The molecule has 0 N–H and O–H groups in total. The summed E-state index contributed by atoms with van der Waals surface area (Å²) in [5.41, 5.74) is 3.45. The Morgan fingerprint density at radius 3 is 1.27 bits per heavy atom. The number of nitro groups is 2. The number of non-ortho nitro benzene ring substituents is 2. The van der Waals surface area contributed by atoms with Crippen LogP contribution in [0.1, 0.15) is 110 Å². The molecule has 0 unspecified atom stereocenters. The molecule has 8 heteroatoms. The molecule has 0 amide bonds. The van der Waals surface area contributed by atoms with E-state index in [0.717, 1.165) is 41.8 Å². The Balaban J connectivity index is 1.29. The first-order valence-corrected chi connectivity index (χ1v) is 16.7. The molecule has 0 fully saturated rings. The highest BCUT2D eigenvalue weighted by Crippen LogP contribution is 2.52. The second-order valence-corrected chi connectivity index (χ2v) is 12.0. The molecule has 1 aliphatic rings. The van der Waals surface area contributed by atoms with Crippen molar-refractivity contribution in [2.45, 2.75) is 110 Å². The molecule has 0 radical (unpaired) electrons. The third-order valence-electron chi connectivity index (χ3n) is 8.63. The van der Waals surface area contributed by atoms with Crippen LogP contribution in [-0.2, 0) is 0 Å². The van der Waals surface area contributed by atoms with Crippen LogP contribution in [0.25, 0.3) is 0 Å². The Hall–Kier alpha value is -3.94. The fourth-order valence-corrected chi connectivity index (χ4v) is 6.28. The first kappa shape index (κ1) is 33.0. The van der Waals surface area contributed by atoms with Gasteiger partial charge in [-0.25, -0.2) is 0 Å². The third kappa shape index (κ3) is 9.04. The van der Waals surface area contributed by atoms with Crippen LogP contribution in [0, 0.1) is 20.2 Å². The Bertz CT molecular complexity index is 1280. The van der Waals surface area contributed by atoms with E-state index in [2.05, 4.69) is 24.0 Å². The van der Waals surface area contributed by atoms with Gasteiger partial charge in [-0.05, 0) is 30.7 Å². The number of fused-ring (bicyclic) bond motifs is 2. The average Bonchev–Trinajstić information content (AvgIpc) is 3.03. The molecule has 0 saturated heterocycles. The highest BCUT2D eigenvalue weighted by Gasteiger charge is 2.30. The summed E-state index contributed by atoms with van der Waals surface area (Å²) in [6.07, 6.45) is 21.3. The van der Waals surface area contributed by atoms with E-state index in [1.165, 1.54) is 108 Å². The Morgan fingerprint density at radius 2 is 0.886 bits per heavy atom. The van der Waals surface area contributed by atoms with Crippen molar-refractivity contribution in [1.82, 2.24) is 0 Å². The van der Waals surface area contributed by atoms with Gasteiger partial charge in [0, 0.05) is 18.7 Å². The number of hydrogen-bond donors (Lipinski definition) is 0. The molecular weight excluding hydrogens is 552 g/mol. The number of hydrogen-bond acceptors (Lipinski definition) is 6. The highest BCUT2D eigenvalue weighted by molar-refractivity contribution is 5.98. The molecule has 4 rings (SSSR count). The molecule has 0 bridgehead atoms. The second-order valence-electron chi connectivity index (χ2n) is 12.0. The SMILES string of the molecule is CCCCCCCCCCCCCCCCCCN1c2ccccc2N(c2cc([N+](=O)[O-])cc([N+](=O)[O-])c2)c2ccccc21. The normalized spacial score (nSPS) is 12.2. The molecule has 0 aromatic heterocycles. The fourth-order valence-electron chi connectivity index (χ4n) is 6.28. The van der Waals surface area contributed by atoms with Crippen molar-refractivity contribution in [3.63, 3.8) is 0 Å². The van der Waals surface area contributed by atoms with Crippen LogP contribution in [-0.4, -0.2) is 16.4 Å². The molecule has 1 aliphatic heterocycles. The lowest BCUT2D eigenvalue weighted by Crippen LogP contribution is -2.28. The number of anilines is 5. The average molecular weight is 601 g/mol. The van der Waals surface area contributed by atoms with Gasteiger partial charge in [0.15, 0.2) is 0 Å². The van der Waals surface area contributed by atoms with Crippen molar-refractivity contribution in [1.29, 1.82) is 0 Å². The smallest absolute Gasteiger partial charge is 0.278 e. The topological polar surface area (TPSA) is 92.8 Å². The van der Waals surface area contributed by atoms with Gasteiger partial charge in [0.05, 0.1) is 44.3 Å². The first-order valence-electron chi connectivity index (χ1n) is 16.7. The van der Waals surface area contributed by atoms with Gasteiger partial charge in [0.25, 0.3) is 11.4 Å². The lowest BCUT2D eigenvalue weighted by Gasteiger charge is -2.40. The van der Waals surface area contributed by atoms with Gasteiger partial charge in [-0.3, -0.25) is 20.2 Å². The Labute approximate surface area is 262 Å². The van der Waals surface area contributed by atoms with E-state index >= 15 is 0 Å². The molecule has 0 saturated carbocycles. The maximum Gasteiger partial charge on any atom is 0.278 e. The minimum absolute atomic E-state index is 0.306. The maximum absolute atomic E-state index is 11.6. The minimum Gasteiger partial charge on any atom is -0.338 e. The van der Waals surface area contributed by atoms with Crippen molar-refractivity contribution >= 4 is 39.8 Å². The maximum atomic E-state index is 11.6. The van der Waals surface area contributed by atoms with Crippen molar-refractivity contribution in [3.05, 3.63) is 87.0 Å². The summed E-state index contributed by atoms with van der Waals surface area (Å²) >= 11 is 0. The lowest BCUT2D eigenvalue weighted by atomic mass is 10.0. The number of unbranched alkanes of at least 4 members (excludes halogenated alkanes) is 15. The van der Waals surface area contributed by atoms with Gasteiger partial charge in [0.2, 0.25) is 0 Å². The van der Waals surface area contributed by atoms with E-state index in [1.807, 2.05) is 41.3 Å². The number of nitrogens with zero attached hydrogens (tertiary/aromatic N) is 4. The quantitative estimate of drug-likeness (QED) is 0.0727. The zero-order valence-corrected chi connectivity index (χ0v) is 26.3. The van der Waals surface area contributed by atoms with Gasteiger partial charge >= 0.3 is 0 Å². The van der Waals surface area contributed by atoms with Crippen LogP contribution in [0.2, 0.25) is 0 Å². The largest absolute Gasteiger partial charge is 0.338 e. The summed E-state index contributed by atoms with van der Waals surface area (Å²) in [5.74, 6) is 0. The van der Waals surface area contributed by atoms with E-state index in [4.69, 9.17) is 0 Å². The summed E-state index contributed by atoms with van der Waals surface area (Å²) in [6, 6.07) is 19.7. The van der Waals surface area contributed by atoms with Crippen LogP contribution in [0.5, 0.6) is 0 Å². The van der Waals surface area contributed by atoms with E-state index in [9.17, 15) is 20.2 Å². The van der Waals surface area contributed by atoms with Crippen LogP contribution >= 0.6 is 0 Å². The van der Waals surface area contributed by atoms with E-state index < -0.39 is 9.85 Å². The Morgan fingerprint density at radius 1 is 0.523 bits per heavy atom. The van der Waals surface area contributed by atoms with Crippen molar-refractivity contribution in [3.8, 4) is 0 Å². The second kappa shape index (κ2) is 17.4. The zero-order valence-electron chi connectivity index (χ0n) is 26.3. The summed E-state index contributed by atoms with van der Waals surface area (Å²) in [7, 11) is 0. The summed E-state index contributed by atoms with van der Waals surface area (Å²) < 4.78 is 0. The number of para-hydroxylation sites is 4. The number of nitro benzene ring substituents is 2.